The van der Waals surface area contributed by atoms with Gasteiger partial charge in [-0.25, -0.2) is 0 Å². The minimum atomic E-state index is -0.213. The highest BCUT2D eigenvalue weighted by atomic mass is 16.5. The number of carbonyl (C=O) groups is 1. The second-order valence-electron chi connectivity index (χ2n) is 5.70. The average Bonchev–Trinajstić information content (AvgIpc) is 2.65. The first kappa shape index (κ1) is 17.0. The van der Waals surface area contributed by atoms with E-state index in [-0.39, 0.29) is 11.8 Å². The maximum absolute atomic E-state index is 12.3. The number of rotatable bonds is 5. The molecule has 0 bridgehead atoms. The van der Waals surface area contributed by atoms with Crippen molar-refractivity contribution < 1.29 is 23.7 Å². The van der Waals surface area contributed by atoms with Crippen LogP contribution in [0.15, 0.2) is 30.3 Å². The SMILES string of the molecule is COc1cc2c(c(OC)c1)[C@H](c1cc(OC)ccc1OC)CC(=O)N2. The molecule has 2 aromatic rings. The lowest BCUT2D eigenvalue weighted by Gasteiger charge is -2.29. The summed E-state index contributed by atoms with van der Waals surface area (Å²) in [6.45, 7) is 0. The Balaban J connectivity index is 2.21. The molecule has 0 unspecified atom stereocenters. The molecule has 0 fully saturated rings. The van der Waals surface area contributed by atoms with Crippen LogP contribution in [0.2, 0.25) is 0 Å². The number of nitrogens with one attached hydrogen (secondary N) is 1. The number of methoxy groups -OCH3 is 4. The topological polar surface area (TPSA) is 66.0 Å². The molecule has 0 radical (unpaired) electrons. The third-order valence-corrected chi connectivity index (χ3v) is 4.40. The molecule has 132 valence electrons. The van der Waals surface area contributed by atoms with Gasteiger partial charge in [0, 0.05) is 35.6 Å². The summed E-state index contributed by atoms with van der Waals surface area (Å²) in [7, 11) is 6.40. The Hall–Kier alpha value is -2.89. The number of ether oxygens (including phenoxy) is 4. The molecule has 6 heteroatoms. The van der Waals surface area contributed by atoms with Crippen LogP contribution in [0.1, 0.15) is 23.5 Å². The zero-order chi connectivity index (χ0) is 18.0. The van der Waals surface area contributed by atoms with Crippen molar-refractivity contribution in [3.63, 3.8) is 0 Å². The smallest absolute Gasteiger partial charge is 0.225 e. The number of hydrogen-bond donors (Lipinski definition) is 1. The molecule has 1 heterocycles. The first-order chi connectivity index (χ1) is 12.1. The molecular formula is C19H21NO5. The van der Waals surface area contributed by atoms with Crippen LogP contribution in [-0.2, 0) is 4.79 Å². The van der Waals surface area contributed by atoms with Crippen LogP contribution in [0.3, 0.4) is 0 Å². The van der Waals surface area contributed by atoms with Gasteiger partial charge in [0.15, 0.2) is 0 Å². The Morgan fingerprint density at radius 3 is 2.24 bits per heavy atom. The third kappa shape index (κ3) is 3.07. The fraction of sp³-hybridized carbons (Fsp3) is 0.316. The van der Waals surface area contributed by atoms with Gasteiger partial charge in [0.2, 0.25) is 5.91 Å². The van der Waals surface area contributed by atoms with Crippen LogP contribution in [0.4, 0.5) is 5.69 Å². The van der Waals surface area contributed by atoms with E-state index in [1.54, 1.807) is 34.5 Å². The fourth-order valence-electron chi connectivity index (χ4n) is 3.22. The molecule has 1 atom stereocenters. The van der Waals surface area contributed by atoms with Gasteiger partial charge in [-0.15, -0.1) is 0 Å². The highest BCUT2D eigenvalue weighted by Crippen LogP contribution is 2.47. The summed E-state index contributed by atoms with van der Waals surface area (Å²) in [6, 6.07) is 9.19. The van der Waals surface area contributed by atoms with E-state index in [0.717, 1.165) is 11.1 Å². The van der Waals surface area contributed by atoms with Crippen molar-refractivity contribution in [2.24, 2.45) is 0 Å². The third-order valence-electron chi connectivity index (χ3n) is 4.40. The molecule has 1 N–H and O–H groups in total. The Bertz CT molecular complexity index is 803. The maximum Gasteiger partial charge on any atom is 0.225 e. The standard InChI is InChI=1S/C19H21NO5/c1-22-11-5-6-16(24-3)13(7-11)14-10-18(21)20-15-8-12(23-2)9-17(25-4)19(14)15/h5-9,14H,10H2,1-4H3,(H,20,21)/t14-/m0/s1. The lowest BCUT2D eigenvalue weighted by Crippen LogP contribution is -2.24. The number of amides is 1. The summed E-state index contributed by atoms with van der Waals surface area (Å²) < 4.78 is 21.7. The molecule has 1 amide bonds. The summed E-state index contributed by atoms with van der Waals surface area (Å²) in [6.07, 6.45) is 0.291. The summed E-state index contributed by atoms with van der Waals surface area (Å²) in [5.41, 5.74) is 2.46. The molecule has 25 heavy (non-hydrogen) atoms. The van der Waals surface area contributed by atoms with Crippen LogP contribution in [-0.4, -0.2) is 34.3 Å². The van der Waals surface area contributed by atoms with Crippen LogP contribution in [0.5, 0.6) is 23.0 Å². The van der Waals surface area contributed by atoms with Crippen molar-refractivity contribution in [2.75, 3.05) is 33.8 Å². The van der Waals surface area contributed by atoms with Gasteiger partial charge in [0.25, 0.3) is 0 Å². The van der Waals surface area contributed by atoms with Crippen molar-refractivity contribution in [3.8, 4) is 23.0 Å². The van der Waals surface area contributed by atoms with E-state index in [9.17, 15) is 4.79 Å². The highest BCUT2D eigenvalue weighted by Gasteiger charge is 2.32. The van der Waals surface area contributed by atoms with E-state index in [1.165, 1.54) is 0 Å². The van der Waals surface area contributed by atoms with Gasteiger partial charge < -0.3 is 24.3 Å². The van der Waals surface area contributed by atoms with Crippen LogP contribution in [0.25, 0.3) is 0 Å². The molecular weight excluding hydrogens is 322 g/mol. The van der Waals surface area contributed by atoms with E-state index < -0.39 is 0 Å². The molecule has 1 aliphatic heterocycles. The minimum Gasteiger partial charge on any atom is -0.497 e. The van der Waals surface area contributed by atoms with Crippen LogP contribution < -0.4 is 24.3 Å². The van der Waals surface area contributed by atoms with Crippen molar-refractivity contribution in [3.05, 3.63) is 41.5 Å². The molecule has 2 aromatic carbocycles. The molecule has 0 aromatic heterocycles. The number of carbonyl (C=O) groups excluding carboxylic acids is 1. The summed E-state index contributed by atoms with van der Waals surface area (Å²) in [5.74, 6) is 2.39. The van der Waals surface area contributed by atoms with Crippen molar-refractivity contribution in [1.82, 2.24) is 0 Å². The Morgan fingerprint density at radius 1 is 0.880 bits per heavy atom. The van der Waals surface area contributed by atoms with E-state index in [0.29, 0.717) is 35.1 Å². The summed E-state index contributed by atoms with van der Waals surface area (Å²) >= 11 is 0. The second-order valence-corrected chi connectivity index (χ2v) is 5.70. The molecule has 0 aliphatic carbocycles. The van der Waals surface area contributed by atoms with Crippen LogP contribution >= 0.6 is 0 Å². The Labute approximate surface area is 146 Å². The number of hydrogen-bond acceptors (Lipinski definition) is 5. The minimum absolute atomic E-state index is 0.0716. The highest BCUT2D eigenvalue weighted by molar-refractivity contribution is 5.96. The number of fused-ring (bicyclic) bond motifs is 1. The van der Waals surface area contributed by atoms with Crippen molar-refractivity contribution in [1.29, 1.82) is 0 Å². The van der Waals surface area contributed by atoms with Gasteiger partial charge in [-0.05, 0) is 18.2 Å². The molecule has 3 rings (SSSR count). The monoisotopic (exact) mass is 343 g/mol. The first-order valence-electron chi connectivity index (χ1n) is 7.89. The van der Waals surface area contributed by atoms with E-state index >= 15 is 0 Å². The molecule has 0 saturated heterocycles. The van der Waals surface area contributed by atoms with Gasteiger partial charge in [-0.2, -0.15) is 0 Å². The van der Waals surface area contributed by atoms with E-state index in [4.69, 9.17) is 18.9 Å². The normalized spacial score (nSPS) is 15.8. The molecule has 1 aliphatic rings. The number of benzene rings is 2. The number of anilines is 1. The lowest BCUT2D eigenvalue weighted by molar-refractivity contribution is -0.116. The van der Waals surface area contributed by atoms with Crippen molar-refractivity contribution >= 4 is 11.6 Å². The maximum atomic E-state index is 12.3. The fourth-order valence-corrected chi connectivity index (χ4v) is 3.22. The van der Waals surface area contributed by atoms with Crippen molar-refractivity contribution in [2.45, 2.75) is 12.3 Å². The van der Waals surface area contributed by atoms with Gasteiger partial charge >= 0.3 is 0 Å². The average molecular weight is 343 g/mol. The van der Waals surface area contributed by atoms with Gasteiger partial charge in [-0.3, -0.25) is 4.79 Å². The zero-order valence-corrected chi connectivity index (χ0v) is 14.7. The molecule has 6 nitrogen and oxygen atoms in total. The van der Waals surface area contributed by atoms with Gasteiger partial charge in [-0.1, -0.05) is 0 Å². The van der Waals surface area contributed by atoms with Gasteiger partial charge in [0.05, 0.1) is 34.1 Å². The Morgan fingerprint density at radius 2 is 1.60 bits per heavy atom. The lowest BCUT2D eigenvalue weighted by atomic mass is 9.83. The predicted molar refractivity (Wildman–Crippen MR) is 94.2 cm³/mol. The Kier molecular flexibility index (Phi) is 4.70. The van der Waals surface area contributed by atoms with E-state index in [2.05, 4.69) is 5.32 Å². The van der Waals surface area contributed by atoms with E-state index in [1.807, 2.05) is 24.3 Å². The molecule has 0 spiro atoms. The van der Waals surface area contributed by atoms with Crippen LogP contribution in [0, 0.1) is 0 Å². The largest absolute Gasteiger partial charge is 0.497 e. The summed E-state index contributed by atoms with van der Waals surface area (Å²) in [5, 5.41) is 2.90. The van der Waals surface area contributed by atoms with Gasteiger partial charge in [0.1, 0.15) is 23.0 Å². The zero-order valence-electron chi connectivity index (χ0n) is 14.7. The molecule has 0 saturated carbocycles. The quantitative estimate of drug-likeness (QED) is 0.903. The first-order valence-corrected chi connectivity index (χ1v) is 7.89. The second kappa shape index (κ2) is 6.93. The summed E-state index contributed by atoms with van der Waals surface area (Å²) in [4.78, 5) is 12.3. The predicted octanol–water partition coefficient (Wildman–Crippen LogP) is 3.20.